The molecule has 4 rings (SSSR count). The van der Waals surface area contributed by atoms with Crippen LogP contribution in [0.25, 0.3) is 28.0 Å². The van der Waals surface area contributed by atoms with Crippen LogP contribution < -0.4 is 0 Å². The third-order valence-electron chi connectivity index (χ3n) is 4.93. The van der Waals surface area contributed by atoms with E-state index in [1.807, 2.05) is 47.0 Å². The van der Waals surface area contributed by atoms with Crippen LogP contribution in [0.4, 0.5) is 0 Å². The van der Waals surface area contributed by atoms with Crippen molar-refractivity contribution >= 4 is 15.5 Å². The molecule has 0 radical (unpaired) electrons. The molecule has 0 aliphatic heterocycles. The number of pyridine rings is 1. The Kier molecular flexibility index (Phi) is 4.69. The maximum absolute atomic E-state index is 12.4. The van der Waals surface area contributed by atoms with Crippen molar-refractivity contribution < 1.29 is 8.42 Å². The van der Waals surface area contributed by atoms with E-state index in [1.165, 1.54) is 0 Å². The first-order chi connectivity index (χ1) is 13.9. The van der Waals surface area contributed by atoms with Crippen LogP contribution in [0.2, 0.25) is 0 Å². The lowest BCUT2D eigenvalue weighted by molar-refractivity contribution is 0.587. The normalized spacial score (nSPS) is 11.7. The van der Waals surface area contributed by atoms with Gasteiger partial charge in [-0.3, -0.25) is 4.40 Å². The zero-order chi connectivity index (χ0) is 20.6. The van der Waals surface area contributed by atoms with E-state index in [2.05, 4.69) is 11.1 Å². The maximum Gasteiger partial charge on any atom is 0.180 e. The van der Waals surface area contributed by atoms with E-state index >= 15 is 0 Å². The van der Waals surface area contributed by atoms with E-state index in [-0.39, 0.29) is 0 Å². The third kappa shape index (κ3) is 3.30. The first kappa shape index (κ1) is 18.9. The Hall–Kier alpha value is -3.43. The second-order valence-electron chi connectivity index (χ2n) is 7.08. The highest BCUT2D eigenvalue weighted by Crippen LogP contribution is 2.28. The molecule has 0 atom stereocenters. The lowest BCUT2D eigenvalue weighted by Crippen LogP contribution is -2.13. The molecule has 5 nitrogen and oxygen atoms in total. The molecular formula is C23H19N3O2S. The molecule has 0 amide bonds. The number of benzene rings is 2. The summed E-state index contributed by atoms with van der Waals surface area (Å²) < 4.78 is 26.6. The van der Waals surface area contributed by atoms with Gasteiger partial charge in [0.1, 0.15) is 6.07 Å². The van der Waals surface area contributed by atoms with Crippen LogP contribution in [-0.4, -0.2) is 23.1 Å². The van der Waals surface area contributed by atoms with Gasteiger partial charge in [-0.05, 0) is 43.2 Å². The quantitative estimate of drug-likeness (QED) is 0.496. The monoisotopic (exact) mass is 401 g/mol. The van der Waals surface area contributed by atoms with Gasteiger partial charge >= 0.3 is 0 Å². The number of nitrogens with zero attached hydrogens (tertiary/aromatic N) is 3. The van der Waals surface area contributed by atoms with Crippen LogP contribution in [0.3, 0.4) is 0 Å². The molecule has 6 heteroatoms. The number of rotatable bonds is 4. The number of sulfone groups is 1. The van der Waals surface area contributed by atoms with Gasteiger partial charge in [-0.2, -0.15) is 5.26 Å². The Morgan fingerprint density at radius 1 is 0.966 bits per heavy atom. The average Bonchev–Trinajstić information content (AvgIpc) is 3.17. The van der Waals surface area contributed by atoms with Crippen LogP contribution in [0, 0.1) is 11.3 Å². The molecule has 0 spiro atoms. The number of hydrogen-bond donors (Lipinski definition) is 0. The molecule has 0 saturated heterocycles. The molecule has 0 saturated carbocycles. The lowest BCUT2D eigenvalue weighted by atomic mass is 10.1. The summed E-state index contributed by atoms with van der Waals surface area (Å²) in [6, 6.07) is 20.7. The van der Waals surface area contributed by atoms with E-state index in [1.54, 1.807) is 44.3 Å². The Morgan fingerprint density at radius 3 is 2.28 bits per heavy atom. The summed E-state index contributed by atoms with van der Waals surface area (Å²) >= 11 is 0. The summed E-state index contributed by atoms with van der Waals surface area (Å²) in [6.07, 6.45) is 3.66. The van der Waals surface area contributed by atoms with E-state index in [9.17, 15) is 13.7 Å². The molecule has 2 heterocycles. The summed E-state index contributed by atoms with van der Waals surface area (Å²) in [5, 5.41) is 9.12. The van der Waals surface area contributed by atoms with E-state index < -0.39 is 15.1 Å². The summed E-state index contributed by atoms with van der Waals surface area (Å²) in [6.45, 7) is 3.34. The van der Waals surface area contributed by atoms with Gasteiger partial charge < -0.3 is 0 Å². The Labute approximate surface area is 169 Å². The highest BCUT2D eigenvalue weighted by Gasteiger charge is 2.19. The maximum atomic E-state index is 12.4. The number of nitriles is 1. The highest BCUT2D eigenvalue weighted by molar-refractivity contribution is 7.92. The van der Waals surface area contributed by atoms with Crippen LogP contribution in [0.1, 0.15) is 19.4 Å². The van der Waals surface area contributed by atoms with Gasteiger partial charge in [0.05, 0.1) is 27.6 Å². The van der Waals surface area contributed by atoms with Crippen LogP contribution in [0.5, 0.6) is 0 Å². The van der Waals surface area contributed by atoms with Gasteiger partial charge in [0.15, 0.2) is 15.5 Å². The van der Waals surface area contributed by atoms with Crippen molar-refractivity contribution in [1.29, 1.82) is 5.26 Å². The van der Waals surface area contributed by atoms with Crippen molar-refractivity contribution in [2.24, 2.45) is 0 Å². The van der Waals surface area contributed by atoms with Gasteiger partial charge in [0, 0.05) is 11.8 Å². The summed E-state index contributed by atoms with van der Waals surface area (Å²) in [7, 11) is -3.32. The zero-order valence-corrected chi connectivity index (χ0v) is 16.9. The molecule has 2 aromatic heterocycles. The highest BCUT2D eigenvalue weighted by atomic mass is 32.2. The van der Waals surface area contributed by atoms with Gasteiger partial charge in [0.25, 0.3) is 0 Å². The summed E-state index contributed by atoms with van der Waals surface area (Å²) in [5.74, 6) is 0. The average molecular weight is 401 g/mol. The van der Waals surface area contributed by atoms with E-state index in [0.717, 1.165) is 22.4 Å². The minimum atomic E-state index is -3.32. The van der Waals surface area contributed by atoms with Crippen LogP contribution in [-0.2, 0) is 9.84 Å². The Balaban J connectivity index is 1.86. The topological polar surface area (TPSA) is 75.2 Å². The minimum absolute atomic E-state index is 0.299. The van der Waals surface area contributed by atoms with Crippen molar-refractivity contribution in [3.05, 3.63) is 78.6 Å². The summed E-state index contributed by atoms with van der Waals surface area (Å²) in [4.78, 5) is 4.72. The van der Waals surface area contributed by atoms with Crippen molar-refractivity contribution in [1.82, 2.24) is 9.38 Å². The minimum Gasteiger partial charge on any atom is -0.298 e. The summed E-state index contributed by atoms with van der Waals surface area (Å²) in [5.41, 5.74) is 4.59. The molecule has 29 heavy (non-hydrogen) atoms. The molecule has 0 aliphatic rings. The van der Waals surface area contributed by atoms with Gasteiger partial charge in [-0.15, -0.1) is 0 Å². The fourth-order valence-electron chi connectivity index (χ4n) is 3.26. The molecule has 0 fully saturated rings. The molecule has 0 aliphatic carbocycles. The first-order valence-electron chi connectivity index (χ1n) is 9.23. The third-order valence-corrected chi connectivity index (χ3v) is 7.10. The van der Waals surface area contributed by atoms with Gasteiger partial charge in [0.2, 0.25) is 0 Å². The molecule has 0 unspecified atom stereocenters. The molecular weight excluding hydrogens is 382 g/mol. The zero-order valence-electron chi connectivity index (χ0n) is 16.1. The predicted octanol–water partition coefficient (Wildman–Crippen LogP) is 4.72. The standard InChI is InChI=1S/C23H19N3O2S/c1-16(2)29(27,28)21-10-8-18(9-11-21)22-14-25-23-19(13-24)12-20(15-26(22)23)17-6-4-3-5-7-17/h3-12,14-16H,1-2H3. The lowest BCUT2D eigenvalue weighted by Gasteiger charge is -2.10. The SMILES string of the molecule is CC(C)S(=O)(=O)c1ccc(-c2cnc3c(C#N)cc(-c4ccccc4)cn23)cc1. The van der Waals surface area contributed by atoms with Crippen molar-refractivity contribution in [3.8, 4) is 28.5 Å². The van der Waals surface area contributed by atoms with Gasteiger partial charge in [-0.25, -0.2) is 13.4 Å². The molecule has 0 bridgehead atoms. The number of aromatic nitrogens is 2. The van der Waals surface area contributed by atoms with E-state index in [4.69, 9.17) is 0 Å². The second-order valence-corrected chi connectivity index (χ2v) is 9.58. The smallest absolute Gasteiger partial charge is 0.180 e. The van der Waals surface area contributed by atoms with Crippen LogP contribution in [0.15, 0.2) is 78.0 Å². The number of hydrogen-bond acceptors (Lipinski definition) is 4. The fraction of sp³-hybridized carbons (Fsp3) is 0.130. The molecule has 144 valence electrons. The first-order valence-corrected chi connectivity index (χ1v) is 10.8. The van der Waals surface area contributed by atoms with Crippen molar-refractivity contribution in [2.75, 3.05) is 0 Å². The van der Waals surface area contributed by atoms with Crippen molar-refractivity contribution in [3.63, 3.8) is 0 Å². The Morgan fingerprint density at radius 2 is 1.66 bits per heavy atom. The Bertz CT molecular complexity index is 1330. The van der Waals surface area contributed by atoms with E-state index in [0.29, 0.717) is 16.1 Å². The largest absolute Gasteiger partial charge is 0.298 e. The molecule has 0 N–H and O–H groups in total. The number of fused-ring (bicyclic) bond motifs is 1. The second kappa shape index (κ2) is 7.19. The number of imidazole rings is 1. The molecule has 4 aromatic rings. The van der Waals surface area contributed by atoms with Crippen LogP contribution >= 0.6 is 0 Å². The fourth-order valence-corrected chi connectivity index (χ4v) is 4.32. The van der Waals surface area contributed by atoms with Crippen molar-refractivity contribution in [2.45, 2.75) is 24.0 Å². The predicted molar refractivity (Wildman–Crippen MR) is 113 cm³/mol. The molecule has 2 aromatic carbocycles. The van der Waals surface area contributed by atoms with Gasteiger partial charge in [-0.1, -0.05) is 42.5 Å².